The van der Waals surface area contributed by atoms with E-state index in [0.717, 1.165) is 47.4 Å². The van der Waals surface area contributed by atoms with Crippen LogP contribution in [0.15, 0.2) is 23.1 Å². The average molecular weight is 546 g/mol. The van der Waals surface area contributed by atoms with Crippen molar-refractivity contribution in [2.24, 2.45) is 7.05 Å². The second kappa shape index (κ2) is 10.8. The highest BCUT2D eigenvalue weighted by molar-refractivity contribution is 5.63. The minimum Gasteiger partial charge on any atom is -0.489 e. The van der Waals surface area contributed by atoms with Crippen LogP contribution in [0, 0.1) is 11.6 Å². The zero-order chi connectivity index (χ0) is 27.7. The van der Waals surface area contributed by atoms with Gasteiger partial charge in [-0.3, -0.25) is 4.90 Å². The molecular weight excluding hydrogens is 512 g/mol. The van der Waals surface area contributed by atoms with E-state index in [4.69, 9.17) is 9.47 Å². The minimum atomic E-state index is -0.694. The number of benzene rings is 1. The van der Waals surface area contributed by atoms with Crippen LogP contribution in [0.5, 0.6) is 5.75 Å². The molecule has 2 N–H and O–H groups in total. The fraction of sp³-hybridized carbons (Fsp3) is 0.560. The minimum absolute atomic E-state index is 0.00726. The molecule has 0 spiro atoms. The van der Waals surface area contributed by atoms with Gasteiger partial charge in [-0.15, -0.1) is 0 Å². The van der Waals surface area contributed by atoms with Gasteiger partial charge in [0, 0.05) is 37.8 Å². The zero-order valence-corrected chi connectivity index (χ0v) is 22.4. The van der Waals surface area contributed by atoms with Gasteiger partial charge in [-0.05, 0) is 62.6 Å². The van der Waals surface area contributed by atoms with Crippen LogP contribution in [0.1, 0.15) is 39.5 Å². The summed E-state index contributed by atoms with van der Waals surface area (Å²) in [5.74, 6) is -1.19. The van der Waals surface area contributed by atoms with E-state index in [9.17, 15) is 9.18 Å². The van der Waals surface area contributed by atoms with Crippen LogP contribution in [-0.2, 0) is 11.8 Å². The van der Waals surface area contributed by atoms with Crippen LogP contribution >= 0.6 is 0 Å². The zero-order valence-electron chi connectivity index (χ0n) is 22.4. The molecule has 0 saturated carbocycles. The van der Waals surface area contributed by atoms with Crippen molar-refractivity contribution in [1.29, 1.82) is 0 Å². The van der Waals surface area contributed by atoms with E-state index >= 15 is 4.39 Å². The van der Waals surface area contributed by atoms with Crippen LogP contribution < -0.4 is 21.1 Å². The first-order valence-corrected chi connectivity index (χ1v) is 12.9. The van der Waals surface area contributed by atoms with Gasteiger partial charge in [-0.25, -0.2) is 18.6 Å². The quantitative estimate of drug-likeness (QED) is 0.388. The van der Waals surface area contributed by atoms with Crippen LogP contribution in [0.3, 0.4) is 0 Å². The Kier molecular flexibility index (Phi) is 7.49. The van der Waals surface area contributed by atoms with Gasteiger partial charge in [0.2, 0.25) is 5.95 Å². The lowest BCUT2D eigenvalue weighted by atomic mass is 9.84. The van der Waals surface area contributed by atoms with Gasteiger partial charge in [0.1, 0.15) is 18.0 Å². The lowest BCUT2D eigenvalue weighted by molar-refractivity contribution is 0.0500. The summed E-state index contributed by atoms with van der Waals surface area (Å²) in [5, 5.41) is 13.6. The molecule has 0 radical (unpaired) electrons. The van der Waals surface area contributed by atoms with E-state index in [1.54, 1.807) is 0 Å². The molecule has 0 unspecified atom stereocenters. The van der Waals surface area contributed by atoms with Crippen LogP contribution in [0.2, 0.25) is 0 Å². The standard InChI is InChI=1S/C25H33F2N9O3/c1-25(2)13-15(10-16-6-5-7-35(16)25)29-22-18(27)14-28-23(31-22)30-19-12-20(36-24(37)34(3)32-33-36)21(11-17(19)26)39-9-8-38-4/h11-12,14-16H,5-10,13H2,1-4H3,(H2,28,29,30,31)/t15-,16+/m1/s1. The predicted octanol–water partition coefficient (Wildman–Crippen LogP) is 2.62. The molecule has 12 nitrogen and oxygen atoms in total. The maximum atomic E-state index is 15.2. The Morgan fingerprint density at radius 3 is 2.74 bits per heavy atom. The first-order valence-electron chi connectivity index (χ1n) is 12.9. The van der Waals surface area contributed by atoms with E-state index in [1.165, 1.54) is 26.6 Å². The summed E-state index contributed by atoms with van der Waals surface area (Å²) in [7, 11) is 2.95. The van der Waals surface area contributed by atoms with Crippen LogP contribution in [0.4, 0.5) is 26.2 Å². The third kappa shape index (κ3) is 5.57. The number of hydrogen-bond donors (Lipinski definition) is 2. The van der Waals surface area contributed by atoms with Crippen molar-refractivity contribution >= 4 is 17.5 Å². The summed E-state index contributed by atoms with van der Waals surface area (Å²) in [6, 6.07) is 2.95. The van der Waals surface area contributed by atoms with Gasteiger partial charge in [0.25, 0.3) is 0 Å². The first kappa shape index (κ1) is 26.9. The molecule has 2 aromatic heterocycles. The van der Waals surface area contributed by atoms with Gasteiger partial charge in [-0.2, -0.15) is 14.3 Å². The fourth-order valence-corrected chi connectivity index (χ4v) is 5.58. The second-order valence-corrected chi connectivity index (χ2v) is 10.5. The summed E-state index contributed by atoms with van der Waals surface area (Å²) < 4.78 is 42.5. The van der Waals surface area contributed by atoms with E-state index in [1.807, 2.05) is 0 Å². The lowest BCUT2D eigenvalue weighted by Gasteiger charge is -2.47. The Balaban J connectivity index is 1.40. The Morgan fingerprint density at radius 1 is 1.18 bits per heavy atom. The molecule has 39 heavy (non-hydrogen) atoms. The number of hydrogen-bond acceptors (Lipinski definition) is 10. The van der Waals surface area contributed by atoms with Gasteiger partial charge >= 0.3 is 5.69 Å². The molecule has 5 rings (SSSR count). The summed E-state index contributed by atoms with van der Waals surface area (Å²) in [6.45, 7) is 5.90. The van der Waals surface area contributed by atoms with Crippen LogP contribution in [0.25, 0.3) is 5.69 Å². The van der Waals surface area contributed by atoms with E-state index in [0.29, 0.717) is 6.04 Å². The first-order chi connectivity index (χ1) is 18.7. The maximum absolute atomic E-state index is 15.2. The average Bonchev–Trinajstić information content (AvgIpc) is 3.50. The summed E-state index contributed by atoms with van der Waals surface area (Å²) >= 11 is 0. The van der Waals surface area contributed by atoms with Gasteiger partial charge in [0.15, 0.2) is 17.5 Å². The number of aromatic nitrogens is 6. The Labute approximate surface area is 224 Å². The highest BCUT2D eigenvalue weighted by Gasteiger charge is 2.43. The number of halogens is 2. The van der Waals surface area contributed by atoms with Crippen molar-refractivity contribution in [2.75, 3.05) is 37.5 Å². The molecule has 3 aromatic rings. The number of tetrazole rings is 1. The van der Waals surface area contributed by atoms with E-state index in [-0.39, 0.29) is 53.7 Å². The molecule has 1 aromatic carbocycles. The molecule has 0 bridgehead atoms. The Bertz CT molecular complexity index is 1390. The summed E-state index contributed by atoms with van der Waals surface area (Å²) in [4.78, 5) is 23.4. The monoisotopic (exact) mass is 545 g/mol. The molecule has 14 heteroatoms. The normalized spacial score (nSPS) is 20.6. The molecule has 0 amide bonds. The molecule has 0 aliphatic carbocycles. The van der Waals surface area contributed by atoms with Crippen molar-refractivity contribution in [2.45, 2.75) is 57.2 Å². The number of rotatable bonds is 9. The Morgan fingerprint density at radius 2 is 2.00 bits per heavy atom. The number of ether oxygens (including phenoxy) is 2. The largest absolute Gasteiger partial charge is 0.489 e. The molecule has 2 saturated heterocycles. The van der Waals surface area contributed by atoms with Gasteiger partial charge < -0.3 is 20.1 Å². The van der Waals surface area contributed by atoms with Crippen molar-refractivity contribution in [1.82, 2.24) is 34.7 Å². The molecule has 2 aliphatic heterocycles. The Hall–Kier alpha value is -3.65. The van der Waals surface area contributed by atoms with Gasteiger partial charge in [0.05, 0.1) is 18.5 Å². The molecule has 4 heterocycles. The number of aryl methyl sites for hydroxylation is 1. The lowest BCUT2D eigenvalue weighted by Crippen LogP contribution is -2.55. The molecule has 2 atom stereocenters. The number of methoxy groups -OCH3 is 1. The van der Waals surface area contributed by atoms with E-state index in [2.05, 4.69) is 49.8 Å². The molecular formula is C25H33F2N9O3. The highest BCUT2D eigenvalue weighted by atomic mass is 19.1. The predicted molar refractivity (Wildman–Crippen MR) is 140 cm³/mol. The third-order valence-electron chi connectivity index (χ3n) is 7.33. The number of piperidine rings is 1. The highest BCUT2D eigenvalue weighted by Crippen LogP contribution is 2.38. The van der Waals surface area contributed by atoms with Crippen molar-refractivity contribution in [3.63, 3.8) is 0 Å². The molecule has 2 aliphatic rings. The summed E-state index contributed by atoms with van der Waals surface area (Å²) in [6.07, 6.45) is 5.07. The van der Waals surface area contributed by atoms with Crippen molar-refractivity contribution in [3.8, 4) is 11.4 Å². The second-order valence-electron chi connectivity index (χ2n) is 10.5. The number of nitrogens with zero attached hydrogens (tertiary/aromatic N) is 7. The topological polar surface area (TPSA) is 124 Å². The molecule has 210 valence electrons. The van der Waals surface area contributed by atoms with Crippen LogP contribution in [-0.4, -0.2) is 79.1 Å². The maximum Gasteiger partial charge on any atom is 0.368 e. The third-order valence-corrected chi connectivity index (χ3v) is 7.33. The fourth-order valence-electron chi connectivity index (χ4n) is 5.58. The number of fused-ring (bicyclic) bond motifs is 1. The van der Waals surface area contributed by atoms with Crippen molar-refractivity contribution < 1.29 is 18.3 Å². The number of anilines is 3. The van der Waals surface area contributed by atoms with E-state index < -0.39 is 17.3 Å². The number of nitrogens with one attached hydrogen (secondary N) is 2. The smallest absolute Gasteiger partial charge is 0.368 e. The van der Waals surface area contributed by atoms with Crippen molar-refractivity contribution in [3.05, 3.63) is 40.4 Å². The molecule has 2 fully saturated rings. The summed E-state index contributed by atoms with van der Waals surface area (Å²) in [5.41, 5.74) is -0.462. The SMILES string of the molecule is COCCOc1cc(F)c(Nc2ncc(F)c(N[C@@H]3C[C@@H]4CCCN4C(C)(C)C3)n2)cc1-n1nnn(C)c1=O. The van der Waals surface area contributed by atoms with Gasteiger partial charge in [-0.1, -0.05) is 0 Å².